The molecule has 1 aromatic carbocycles. The van der Waals surface area contributed by atoms with Crippen LogP contribution in [0.4, 0.5) is 5.69 Å². The van der Waals surface area contributed by atoms with E-state index in [-0.39, 0.29) is 11.2 Å². The van der Waals surface area contributed by atoms with Crippen LogP contribution in [0.15, 0.2) is 35.6 Å². The topological polar surface area (TPSA) is 98.0 Å². The molecule has 8 heteroatoms. The number of nitrogens with one attached hydrogen (secondary N) is 1. The highest BCUT2D eigenvalue weighted by Gasteiger charge is 2.23. The molecule has 0 saturated carbocycles. The molecule has 0 radical (unpaired) electrons. The summed E-state index contributed by atoms with van der Waals surface area (Å²) in [4.78, 5) is 35.1. The van der Waals surface area contributed by atoms with Crippen molar-refractivity contribution in [1.82, 2.24) is 9.97 Å². The number of aromatic nitrogens is 2. The van der Waals surface area contributed by atoms with Gasteiger partial charge in [-0.3, -0.25) is 9.59 Å². The zero-order valence-corrected chi connectivity index (χ0v) is 17.0. The summed E-state index contributed by atoms with van der Waals surface area (Å²) in [6, 6.07) is 6.55. The van der Waals surface area contributed by atoms with Gasteiger partial charge in [0.1, 0.15) is 16.2 Å². The molecule has 0 aliphatic heterocycles. The Labute approximate surface area is 170 Å². The lowest BCUT2D eigenvalue weighted by molar-refractivity contribution is -0.115. The molecule has 0 spiro atoms. The van der Waals surface area contributed by atoms with Gasteiger partial charge in [-0.05, 0) is 62.4 Å². The first kappa shape index (κ1) is 18.9. The number of aryl methyl sites for hydroxylation is 2. The van der Waals surface area contributed by atoms with E-state index in [1.807, 2.05) is 6.92 Å². The zero-order chi connectivity index (χ0) is 19.7. The summed E-state index contributed by atoms with van der Waals surface area (Å²) in [7, 11) is 0. The quantitative estimate of drug-likeness (QED) is 0.491. The maximum atomic E-state index is 12.6. The molecule has 1 atom stereocenters. The Morgan fingerprint density at radius 1 is 1.18 bits per heavy atom. The van der Waals surface area contributed by atoms with E-state index in [1.165, 1.54) is 35.0 Å². The number of thiophene rings is 1. The number of nitrogens with two attached hydrogens (primary N) is 1. The molecule has 0 fully saturated rings. The third kappa shape index (κ3) is 3.74. The number of rotatable bonds is 5. The lowest BCUT2D eigenvalue weighted by Gasteiger charge is -2.14. The smallest absolute Gasteiger partial charge is 0.248 e. The Hall–Kier alpha value is -2.45. The molecular weight excluding hydrogens is 392 g/mol. The van der Waals surface area contributed by atoms with Gasteiger partial charge in [0.2, 0.25) is 11.8 Å². The summed E-state index contributed by atoms with van der Waals surface area (Å²) < 4.78 is 0. The molecule has 1 aliphatic carbocycles. The van der Waals surface area contributed by atoms with Crippen LogP contribution < -0.4 is 11.1 Å². The SMILES string of the molecule is C[C@H](Sc1ncnc2sc3c(c12)CCCC3)C(=O)Nc1ccc(C(N)=O)cc1. The lowest BCUT2D eigenvalue weighted by atomic mass is 9.97. The van der Waals surface area contributed by atoms with E-state index in [0.29, 0.717) is 11.3 Å². The molecule has 0 saturated heterocycles. The molecule has 28 heavy (non-hydrogen) atoms. The summed E-state index contributed by atoms with van der Waals surface area (Å²) in [6.45, 7) is 1.87. The Balaban J connectivity index is 1.51. The van der Waals surface area contributed by atoms with Crippen molar-refractivity contribution in [2.75, 3.05) is 5.32 Å². The van der Waals surface area contributed by atoms with Gasteiger partial charge in [-0.2, -0.15) is 0 Å². The molecule has 0 unspecified atom stereocenters. The number of nitrogens with zero attached hydrogens (tertiary/aromatic N) is 2. The number of hydrogen-bond acceptors (Lipinski definition) is 6. The van der Waals surface area contributed by atoms with Gasteiger partial charge in [0.15, 0.2) is 0 Å². The summed E-state index contributed by atoms with van der Waals surface area (Å²) in [5.41, 5.74) is 7.64. The van der Waals surface area contributed by atoms with Crippen molar-refractivity contribution < 1.29 is 9.59 Å². The van der Waals surface area contributed by atoms with Crippen molar-refractivity contribution in [2.45, 2.75) is 42.9 Å². The second-order valence-electron chi connectivity index (χ2n) is 6.76. The number of carbonyl (C=O) groups is 2. The fourth-order valence-electron chi connectivity index (χ4n) is 3.33. The normalized spacial score (nSPS) is 14.5. The average molecular weight is 413 g/mol. The molecule has 1 aliphatic rings. The molecule has 6 nitrogen and oxygen atoms in total. The number of hydrogen-bond donors (Lipinski definition) is 2. The predicted molar refractivity (Wildman–Crippen MR) is 113 cm³/mol. The molecule has 4 rings (SSSR count). The minimum Gasteiger partial charge on any atom is -0.366 e. The van der Waals surface area contributed by atoms with Gasteiger partial charge < -0.3 is 11.1 Å². The minimum absolute atomic E-state index is 0.118. The van der Waals surface area contributed by atoms with Crippen LogP contribution in [0.25, 0.3) is 10.2 Å². The second kappa shape index (κ2) is 7.89. The highest BCUT2D eigenvalue weighted by Crippen LogP contribution is 2.40. The Morgan fingerprint density at radius 3 is 2.68 bits per heavy atom. The monoisotopic (exact) mass is 412 g/mol. The van der Waals surface area contributed by atoms with Crippen LogP contribution in [-0.2, 0) is 17.6 Å². The largest absolute Gasteiger partial charge is 0.366 e. The Morgan fingerprint density at radius 2 is 1.93 bits per heavy atom. The molecular formula is C20H20N4O2S2. The van der Waals surface area contributed by atoms with Crippen molar-refractivity contribution in [3.63, 3.8) is 0 Å². The number of amides is 2. The average Bonchev–Trinajstić information content (AvgIpc) is 3.08. The van der Waals surface area contributed by atoms with Crippen molar-refractivity contribution in [3.8, 4) is 0 Å². The molecule has 2 aromatic heterocycles. The van der Waals surface area contributed by atoms with E-state index in [1.54, 1.807) is 41.9 Å². The van der Waals surface area contributed by atoms with E-state index in [9.17, 15) is 9.59 Å². The minimum atomic E-state index is -0.492. The van der Waals surface area contributed by atoms with Crippen LogP contribution in [0.2, 0.25) is 0 Å². The summed E-state index contributed by atoms with van der Waals surface area (Å²) >= 11 is 3.21. The van der Waals surface area contributed by atoms with Gasteiger partial charge in [-0.25, -0.2) is 9.97 Å². The fourth-order valence-corrected chi connectivity index (χ4v) is 5.57. The number of benzene rings is 1. The van der Waals surface area contributed by atoms with Crippen molar-refractivity contribution in [3.05, 3.63) is 46.6 Å². The summed E-state index contributed by atoms with van der Waals surface area (Å²) in [5.74, 6) is -0.610. The Kier molecular flexibility index (Phi) is 5.32. The zero-order valence-electron chi connectivity index (χ0n) is 15.4. The lowest BCUT2D eigenvalue weighted by Crippen LogP contribution is -2.22. The van der Waals surface area contributed by atoms with Crippen LogP contribution in [0, 0.1) is 0 Å². The summed E-state index contributed by atoms with van der Waals surface area (Å²) in [5, 5.41) is 4.55. The van der Waals surface area contributed by atoms with Gasteiger partial charge in [-0.15, -0.1) is 11.3 Å². The van der Waals surface area contributed by atoms with E-state index in [2.05, 4.69) is 15.3 Å². The number of thioether (sulfide) groups is 1. The van der Waals surface area contributed by atoms with Crippen LogP contribution in [0.5, 0.6) is 0 Å². The maximum Gasteiger partial charge on any atom is 0.248 e. The third-order valence-electron chi connectivity index (χ3n) is 4.81. The van der Waals surface area contributed by atoms with E-state index >= 15 is 0 Å². The highest BCUT2D eigenvalue weighted by atomic mass is 32.2. The number of fused-ring (bicyclic) bond motifs is 3. The van der Waals surface area contributed by atoms with Gasteiger partial charge >= 0.3 is 0 Å². The van der Waals surface area contributed by atoms with Crippen LogP contribution in [0.1, 0.15) is 40.6 Å². The van der Waals surface area contributed by atoms with Crippen molar-refractivity contribution in [2.24, 2.45) is 5.73 Å². The van der Waals surface area contributed by atoms with Gasteiger partial charge in [0, 0.05) is 21.5 Å². The van der Waals surface area contributed by atoms with Crippen molar-refractivity contribution in [1.29, 1.82) is 0 Å². The molecule has 3 aromatic rings. The van der Waals surface area contributed by atoms with Gasteiger partial charge in [0.25, 0.3) is 0 Å². The molecule has 2 heterocycles. The predicted octanol–water partition coefficient (Wildman–Crippen LogP) is 3.79. The van der Waals surface area contributed by atoms with Crippen LogP contribution >= 0.6 is 23.1 Å². The first-order valence-corrected chi connectivity index (χ1v) is 10.8. The standard InChI is InChI=1S/C20H20N4O2S2/c1-11(18(26)24-13-8-6-12(7-9-13)17(21)25)27-19-16-14-4-2-3-5-15(14)28-20(16)23-10-22-19/h6-11H,2-5H2,1H3,(H2,21,25)(H,24,26)/t11-/m0/s1. The highest BCUT2D eigenvalue weighted by molar-refractivity contribution is 8.00. The number of carbonyl (C=O) groups excluding carboxylic acids is 2. The van der Waals surface area contributed by atoms with Gasteiger partial charge in [0.05, 0.1) is 5.25 Å². The molecule has 0 bridgehead atoms. The van der Waals surface area contributed by atoms with E-state index < -0.39 is 5.91 Å². The Bertz CT molecular complexity index is 1050. The van der Waals surface area contributed by atoms with E-state index in [4.69, 9.17) is 5.73 Å². The van der Waals surface area contributed by atoms with Gasteiger partial charge in [-0.1, -0.05) is 11.8 Å². The molecule has 144 valence electrons. The third-order valence-corrected chi connectivity index (χ3v) is 7.11. The van der Waals surface area contributed by atoms with Crippen molar-refractivity contribution >= 4 is 50.8 Å². The maximum absolute atomic E-state index is 12.6. The van der Waals surface area contributed by atoms with Crippen LogP contribution in [0.3, 0.4) is 0 Å². The first-order valence-electron chi connectivity index (χ1n) is 9.15. The molecule has 3 N–H and O–H groups in total. The first-order chi connectivity index (χ1) is 13.5. The number of primary amides is 1. The fraction of sp³-hybridized carbons (Fsp3) is 0.300. The summed E-state index contributed by atoms with van der Waals surface area (Å²) in [6.07, 6.45) is 6.17. The second-order valence-corrected chi connectivity index (χ2v) is 9.17. The van der Waals surface area contributed by atoms with E-state index in [0.717, 1.165) is 28.1 Å². The van der Waals surface area contributed by atoms with Crippen LogP contribution in [-0.4, -0.2) is 27.0 Å². The number of anilines is 1. The molecule has 2 amide bonds.